The second-order valence-electron chi connectivity index (χ2n) is 9.31. The number of hydrogen-bond donors (Lipinski definition) is 0. The highest BCUT2D eigenvalue weighted by atomic mass is 32.2. The maximum absolute atomic E-state index is 13.0. The van der Waals surface area contributed by atoms with Crippen molar-refractivity contribution in [3.05, 3.63) is 84.4 Å². The molecule has 0 unspecified atom stereocenters. The first-order valence-corrected chi connectivity index (χ1v) is 14.5. The lowest BCUT2D eigenvalue weighted by atomic mass is 10.1. The molecule has 198 valence electrons. The van der Waals surface area contributed by atoms with E-state index in [-0.39, 0.29) is 17.7 Å². The van der Waals surface area contributed by atoms with E-state index in [1.165, 1.54) is 6.07 Å². The second kappa shape index (κ2) is 10.6. The summed E-state index contributed by atoms with van der Waals surface area (Å²) < 4.78 is 78.5. The van der Waals surface area contributed by atoms with Crippen LogP contribution in [0, 0.1) is 0 Å². The van der Waals surface area contributed by atoms with Gasteiger partial charge in [0.05, 0.1) is 13.5 Å². The van der Waals surface area contributed by atoms with Gasteiger partial charge in [-0.1, -0.05) is 81.4 Å². The van der Waals surface area contributed by atoms with Crippen molar-refractivity contribution in [2.24, 2.45) is 0 Å². The van der Waals surface area contributed by atoms with Gasteiger partial charge in [-0.25, -0.2) is 0 Å². The highest BCUT2D eigenvalue weighted by molar-refractivity contribution is 7.88. The van der Waals surface area contributed by atoms with Crippen LogP contribution in [0.1, 0.15) is 26.3 Å². The van der Waals surface area contributed by atoms with Crippen LogP contribution in [0.3, 0.4) is 0 Å². The van der Waals surface area contributed by atoms with Gasteiger partial charge in [0, 0.05) is 6.07 Å². The molecule has 0 heterocycles. The van der Waals surface area contributed by atoms with E-state index in [0.717, 1.165) is 29.6 Å². The number of esters is 1. The van der Waals surface area contributed by atoms with Crippen molar-refractivity contribution in [2.75, 3.05) is 7.11 Å². The predicted molar refractivity (Wildman–Crippen MR) is 136 cm³/mol. The van der Waals surface area contributed by atoms with Crippen molar-refractivity contribution in [2.45, 2.75) is 37.7 Å². The van der Waals surface area contributed by atoms with Gasteiger partial charge >= 0.3 is 29.9 Å². The predicted octanol–water partition coefficient (Wildman–Crippen LogP) is 4.57. The number of methoxy groups -OCH3 is 1. The van der Waals surface area contributed by atoms with Gasteiger partial charge in [-0.3, -0.25) is 4.79 Å². The van der Waals surface area contributed by atoms with Crippen LogP contribution in [-0.2, 0) is 26.1 Å². The van der Waals surface area contributed by atoms with Gasteiger partial charge in [0.2, 0.25) is 0 Å². The van der Waals surface area contributed by atoms with Gasteiger partial charge < -0.3 is 13.3 Å². The molecule has 0 amide bonds. The summed E-state index contributed by atoms with van der Waals surface area (Å²) >= 11 is 0. The Labute approximate surface area is 215 Å². The molecule has 3 aromatic carbocycles. The SMILES string of the molecule is COC(=O)Cc1cc(O[Si](c2ccccc2)(c2ccccc2)C(C)(C)C)cc(OS(=O)(=O)C(F)(F)F)c1. The molecular weight excluding hydrogens is 525 g/mol. The molecule has 0 aliphatic heterocycles. The van der Waals surface area contributed by atoms with Crippen LogP contribution in [0.15, 0.2) is 78.9 Å². The number of rotatable bonds is 8. The molecule has 37 heavy (non-hydrogen) atoms. The fraction of sp³-hybridized carbons (Fsp3) is 0.269. The normalized spacial score (nSPS) is 12.6. The molecule has 0 aliphatic carbocycles. The number of hydrogen-bond acceptors (Lipinski definition) is 6. The molecule has 0 fully saturated rings. The molecule has 3 rings (SSSR count). The highest BCUT2D eigenvalue weighted by Crippen LogP contribution is 2.39. The van der Waals surface area contributed by atoms with E-state index in [1.807, 2.05) is 81.4 Å². The summed E-state index contributed by atoms with van der Waals surface area (Å²) in [6.45, 7) is 6.01. The Balaban J connectivity index is 2.24. The van der Waals surface area contributed by atoms with Crippen LogP contribution in [0.4, 0.5) is 13.2 Å². The zero-order valence-electron chi connectivity index (χ0n) is 20.7. The summed E-state index contributed by atoms with van der Waals surface area (Å²) in [5.74, 6) is -1.25. The summed E-state index contributed by atoms with van der Waals surface area (Å²) in [5.41, 5.74) is -5.47. The number of alkyl halides is 3. The van der Waals surface area contributed by atoms with Crippen LogP contribution in [0.5, 0.6) is 11.5 Å². The number of halogens is 3. The van der Waals surface area contributed by atoms with Gasteiger partial charge in [0.25, 0.3) is 0 Å². The maximum atomic E-state index is 13.0. The lowest BCUT2D eigenvalue weighted by Crippen LogP contribution is -2.68. The van der Waals surface area contributed by atoms with E-state index in [4.69, 9.17) is 4.43 Å². The fourth-order valence-corrected chi connectivity index (χ4v) is 8.93. The van der Waals surface area contributed by atoms with Gasteiger partial charge in [0.15, 0.2) is 0 Å². The smallest absolute Gasteiger partial charge is 0.534 e. The largest absolute Gasteiger partial charge is 0.534 e. The van der Waals surface area contributed by atoms with Crippen molar-refractivity contribution in [1.82, 2.24) is 0 Å². The van der Waals surface area contributed by atoms with E-state index in [9.17, 15) is 26.4 Å². The standard InChI is InChI=1S/C26H27F3O6SSi/c1-25(2,3)37(22-11-7-5-8-12-22,23-13-9-6-10-14-23)35-21-16-19(17-24(30)33-4)15-20(18-21)34-36(31,32)26(27,28)29/h5-16,18H,17H2,1-4H3. The molecule has 0 N–H and O–H groups in total. The molecule has 0 bridgehead atoms. The summed E-state index contributed by atoms with van der Waals surface area (Å²) in [5, 5.41) is 1.28. The average Bonchev–Trinajstić information content (AvgIpc) is 2.81. The van der Waals surface area contributed by atoms with Gasteiger partial charge in [-0.2, -0.15) is 21.6 Å². The Morgan fingerprint density at radius 2 is 1.32 bits per heavy atom. The van der Waals surface area contributed by atoms with Gasteiger partial charge in [0.1, 0.15) is 11.5 Å². The Kier molecular flexibility index (Phi) is 8.08. The lowest BCUT2D eigenvalue weighted by Gasteiger charge is -2.43. The molecule has 0 saturated heterocycles. The van der Waals surface area contributed by atoms with Crippen molar-refractivity contribution >= 4 is 34.8 Å². The minimum atomic E-state index is -5.96. The van der Waals surface area contributed by atoms with Crippen molar-refractivity contribution in [3.63, 3.8) is 0 Å². The van der Waals surface area contributed by atoms with Crippen LogP contribution < -0.4 is 19.0 Å². The minimum absolute atomic E-state index is 0.0584. The first kappa shape index (κ1) is 28.3. The molecule has 0 aliphatic rings. The Morgan fingerprint density at radius 3 is 1.76 bits per heavy atom. The van der Waals surface area contributed by atoms with Crippen molar-refractivity contribution in [1.29, 1.82) is 0 Å². The summed E-state index contributed by atoms with van der Waals surface area (Å²) in [7, 11) is -8.01. The Bertz CT molecular complexity index is 1300. The third kappa shape index (κ3) is 6.16. The van der Waals surface area contributed by atoms with Gasteiger partial charge in [-0.05, 0) is 33.1 Å². The van der Waals surface area contributed by atoms with Crippen molar-refractivity contribution in [3.8, 4) is 11.5 Å². The average molecular weight is 553 g/mol. The van der Waals surface area contributed by atoms with E-state index < -0.39 is 40.7 Å². The minimum Gasteiger partial charge on any atom is -0.534 e. The number of carbonyl (C=O) groups excluding carboxylic acids is 1. The summed E-state index contributed by atoms with van der Waals surface area (Å²) in [4.78, 5) is 11.9. The molecule has 3 aromatic rings. The zero-order chi connectivity index (χ0) is 27.5. The first-order chi connectivity index (χ1) is 17.2. The van der Waals surface area contributed by atoms with Crippen LogP contribution >= 0.6 is 0 Å². The third-order valence-corrected chi connectivity index (χ3v) is 11.6. The molecular formula is C26H27F3O6SSi. The van der Waals surface area contributed by atoms with E-state index in [0.29, 0.717) is 0 Å². The summed E-state index contributed by atoms with van der Waals surface area (Å²) in [6.07, 6.45) is -0.336. The maximum Gasteiger partial charge on any atom is 0.534 e. The third-order valence-electron chi connectivity index (χ3n) is 5.69. The number of benzene rings is 3. The Hall–Kier alpha value is -3.31. The second-order valence-corrected chi connectivity index (χ2v) is 15.1. The van der Waals surface area contributed by atoms with Crippen LogP contribution in [0.25, 0.3) is 0 Å². The molecule has 6 nitrogen and oxygen atoms in total. The van der Waals surface area contributed by atoms with E-state index in [2.05, 4.69) is 8.92 Å². The molecule has 0 radical (unpaired) electrons. The quantitative estimate of drug-likeness (QED) is 0.176. The first-order valence-electron chi connectivity index (χ1n) is 11.2. The van der Waals surface area contributed by atoms with Gasteiger partial charge in [-0.15, -0.1) is 0 Å². The molecule has 11 heteroatoms. The van der Waals surface area contributed by atoms with E-state index in [1.54, 1.807) is 0 Å². The van der Waals surface area contributed by atoms with Crippen molar-refractivity contribution < 1.29 is 39.7 Å². The fourth-order valence-electron chi connectivity index (χ4n) is 4.08. The monoisotopic (exact) mass is 552 g/mol. The van der Waals surface area contributed by atoms with Crippen LogP contribution in [0.2, 0.25) is 5.04 Å². The Morgan fingerprint density at radius 1 is 0.838 bits per heavy atom. The topological polar surface area (TPSA) is 78.9 Å². The highest BCUT2D eigenvalue weighted by Gasteiger charge is 2.52. The molecule has 0 atom stereocenters. The molecule has 0 spiro atoms. The molecule has 0 saturated carbocycles. The summed E-state index contributed by atoms with van der Waals surface area (Å²) in [6, 6.07) is 22.5. The van der Waals surface area contributed by atoms with Crippen LogP contribution in [-0.4, -0.2) is 35.3 Å². The number of ether oxygens (including phenoxy) is 1. The zero-order valence-corrected chi connectivity index (χ0v) is 22.5. The van der Waals surface area contributed by atoms with E-state index >= 15 is 0 Å². The molecule has 0 aromatic heterocycles. The lowest BCUT2D eigenvalue weighted by molar-refractivity contribution is -0.139. The number of carbonyl (C=O) groups is 1.